The van der Waals surface area contributed by atoms with Crippen LogP contribution in [-0.2, 0) is 4.79 Å². The first kappa shape index (κ1) is 16.4. The van der Waals surface area contributed by atoms with Gasteiger partial charge in [0.2, 0.25) is 5.12 Å². The number of benzene rings is 1. The van der Waals surface area contributed by atoms with Crippen LogP contribution in [0.25, 0.3) is 0 Å². The van der Waals surface area contributed by atoms with Gasteiger partial charge in [0.05, 0.1) is 0 Å². The van der Waals surface area contributed by atoms with Crippen LogP contribution in [0.15, 0.2) is 18.2 Å². The molecule has 0 bridgehead atoms. The van der Waals surface area contributed by atoms with Crippen LogP contribution in [0.4, 0.5) is 0 Å². The molecule has 1 unspecified atom stereocenters. The van der Waals surface area contributed by atoms with Crippen LogP contribution in [0.1, 0.15) is 39.6 Å². The molecule has 20 heavy (non-hydrogen) atoms. The third-order valence-corrected chi connectivity index (χ3v) is 3.81. The van der Waals surface area contributed by atoms with Gasteiger partial charge in [-0.2, -0.15) is 0 Å². The highest BCUT2D eigenvalue weighted by Gasteiger charge is 2.17. The average Bonchev–Trinajstić information content (AvgIpc) is 2.43. The van der Waals surface area contributed by atoms with E-state index >= 15 is 0 Å². The summed E-state index contributed by atoms with van der Waals surface area (Å²) in [5, 5.41) is 8.42. The van der Waals surface area contributed by atoms with Crippen LogP contribution in [0.5, 0.6) is 0 Å². The van der Waals surface area contributed by atoms with Crippen molar-refractivity contribution in [1.29, 1.82) is 0 Å². The minimum absolute atomic E-state index is 0.0171. The first-order valence-corrected chi connectivity index (χ1v) is 7.14. The quantitative estimate of drug-likeness (QED) is 0.778. The molecule has 1 atom stereocenters. The third-order valence-electron chi connectivity index (χ3n) is 2.80. The van der Waals surface area contributed by atoms with Crippen LogP contribution in [0.3, 0.4) is 0 Å². The number of Topliss-reactive ketones (excluding diaryl/α,β-unsaturated/α-hetero) is 1. The van der Waals surface area contributed by atoms with Gasteiger partial charge in [0.1, 0.15) is 6.04 Å². The molecule has 0 aliphatic carbocycles. The highest BCUT2D eigenvalue weighted by molar-refractivity contribution is 8.14. The molecule has 0 saturated carbocycles. The Hall–Kier alpha value is -1.66. The van der Waals surface area contributed by atoms with Crippen molar-refractivity contribution in [3.8, 4) is 0 Å². The fourth-order valence-corrected chi connectivity index (χ4v) is 2.44. The Labute approximate surface area is 121 Å². The van der Waals surface area contributed by atoms with Crippen molar-refractivity contribution in [1.82, 2.24) is 0 Å². The van der Waals surface area contributed by atoms with Crippen LogP contribution in [0.2, 0.25) is 0 Å². The molecule has 0 saturated heterocycles. The molecule has 0 aromatic heterocycles. The lowest BCUT2D eigenvalue weighted by Crippen LogP contribution is -2.32. The number of aryl methyl sites for hydroxylation is 1. The van der Waals surface area contributed by atoms with Gasteiger partial charge in [-0.05, 0) is 24.6 Å². The number of carboxylic acid groups (broad SMARTS) is 1. The smallest absolute Gasteiger partial charge is 0.321 e. The molecule has 0 spiro atoms. The van der Waals surface area contributed by atoms with Gasteiger partial charge in [-0.3, -0.25) is 14.4 Å². The van der Waals surface area contributed by atoms with Crippen LogP contribution in [-0.4, -0.2) is 33.8 Å². The number of aliphatic carboxylic acids is 1. The summed E-state index contributed by atoms with van der Waals surface area (Å²) < 4.78 is 0. The normalized spacial score (nSPS) is 11.9. The highest BCUT2D eigenvalue weighted by atomic mass is 32.2. The Morgan fingerprint density at radius 2 is 2.00 bits per heavy atom. The van der Waals surface area contributed by atoms with E-state index in [1.54, 1.807) is 32.0 Å². The summed E-state index contributed by atoms with van der Waals surface area (Å²) in [5.74, 6) is -1.10. The van der Waals surface area contributed by atoms with Crippen LogP contribution in [0, 0.1) is 6.92 Å². The maximum atomic E-state index is 12.0. The molecule has 108 valence electrons. The van der Waals surface area contributed by atoms with Gasteiger partial charge in [0, 0.05) is 23.3 Å². The summed E-state index contributed by atoms with van der Waals surface area (Å²) in [6.07, 6.45) is 0.412. The van der Waals surface area contributed by atoms with Gasteiger partial charge >= 0.3 is 5.97 Å². The second kappa shape index (κ2) is 7.21. The van der Waals surface area contributed by atoms with Crippen molar-refractivity contribution in [3.63, 3.8) is 0 Å². The zero-order valence-corrected chi connectivity index (χ0v) is 12.2. The number of carbonyl (C=O) groups excluding carboxylic acids is 2. The third kappa shape index (κ3) is 4.18. The number of nitrogens with two attached hydrogens (primary N) is 1. The van der Waals surface area contributed by atoms with Crippen LogP contribution >= 0.6 is 11.8 Å². The van der Waals surface area contributed by atoms with E-state index in [-0.39, 0.29) is 16.7 Å². The Morgan fingerprint density at radius 1 is 1.35 bits per heavy atom. The Kier molecular flexibility index (Phi) is 5.91. The van der Waals surface area contributed by atoms with E-state index < -0.39 is 12.0 Å². The first-order valence-electron chi connectivity index (χ1n) is 6.16. The number of hydrogen-bond donors (Lipinski definition) is 2. The number of hydrogen-bond acceptors (Lipinski definition) is 5. The molecule has 0 radical (unpaired) electrons. The molecule has 1 aromatic rings. The summed E-state index contributed by atoms with van der Waals surface area (Å²) >= 11 is 0.870. The van der Waals surface area contributed by atoms with Gasteiger partial charge in [-0.15, -0.1) is 0 Å². The van der Waals surface area contributed by atoms with Gasteiger partial charge in [-0.25, -0.2) is 0 Å². The lowest BCUT2D eigenvalue weighted by Gasteiger charge is -2.08. The van der Waals surface area contributed by atoms with Crippen molar-refractivity contribution < 1.29 is 19.5 Å². The Balaban J connectivity index is 2.79. The molecule has 1 aromatic carbocycles. The number of ketones is 1. The molecule has 0 aliphatic rings. The first-order chi connectivity index (χ1) is 9.36. The molecule has 5 nitrogen and oxygen atoms in total. The molecule has 3 N–H and O–H groups in total. The van der Waals surface area contributed by atoms with E-state index in [4.69, 9.17) is 10.8 Å². The van der Waals surface area contributed by atoms with Crippen molar-refractivity contribution >= 4 is 28.6 Å². The predicted molar refractivity (Wildman–Crippen MR) is 78.2 cm³/mol. The average molecular weight is 295 g/mol. The molecular weight excluding hydrogens is 278 g/mol. The Bertz CT molecular complexity index is 542. The molecule has 0 fully saturated rings. The highest BCUT2D eigenvalue weighted by Crippen LogP contribution is 2.19. The largest absolute Gasteiger partial charge is 0.480 e. The predicted octanol–water partition coefficient (Wildman–Crippen LogP) is 1.87. The van der Waals surface area contributed by atoms with Crippen molar-refractivity contribution in [2.75, 3.05) is 5.75 Å². The SMILES string of the molecule is CCC(=O)c1ccc(C(=O)SCC(N)C(=O)O)c(C)c1. The number of carbonyl (C=O) groups is 3. The van der Waals surface area contributed by atoms with E-state index in [1.165, 1.54) is 0 Å². The van der Waals surface area contributed by atoms with Gasteiger partial charge < -0.3 is 10.8 Å². The van der Waals surface area contributed by atoms with Gasteiger partial charge in [0.15, 0.2) is 5.78 Å². The van der Waals surface area contributed by atoms with Gasteiger partial charge in [-0.1, -0.05) is 24.8 Å². The molecule has 1 rings (SSSR count). The van der Waals surface area contributed by atoms with Crippen molar-refractivity contribution in [2.24, 2.45) is 5.73 Å². The molecule has 0 aliphatic heterocycles. The van der Waals surface area contributed by atoms with Gasteiger partial charge in [0.25, 0.3) is 0 Å². The second-order valence-corrected chi connectivity index (χ2v) is 5.34. The van der Waals surface area contributed by atoms with E-state index in [1.807, 2.05) is 0 Å². The zero-order valence-electron chi connectivity index (χ0n) is 11.4. The summed E-state index contributed by atoms with van der Waals surface area (Å²) in [6.45, 7) is 3.53. The zero-order chi connectivity index (χ0) is 15.3. The second-order valence-electron chi connectivity index (χ2n) is 4.35. The lowest BCUT2D eigenvalue weighted by atomic mass is 10.0. The maximum absolute atomic E-state index is 12.0. The lowest BCUT2D eigenvalue weighted by molar-refractivity contribution is -0.137. The standard InChI is InChI=1S/C14H17NO4S/c1-3-12(16)9-4-5-10(8(2)6-9)14(19)20-7-11(15)13(17)18/h4-6,11H,3,7,15H2,1-2H3,(H,17,18). The minimum Gasteiger partial charge on any atom is -0.480 e. The van der Waals surface area contributed by atoms with E-state index in [9.17, 15) is 14.4 Å². The topological polar surface area (TPSA) is 97.5 Å². The molecule has 6 heteroatoms. The van der Waals surface area contributed by atoms with E-state index in [2.05, 4.69) is 0 Å². The Morgan fingerprint density at radius 3 is 2.50 bits per heavy atom. The number of thioether (sulfide) groups is 1. The maximum Gasteiger partial charge on any atom is 0.321 e. The molecular formula is C14H17NO4S. The fourth-order valence-electron chi connectivity index (χ4n) is 1.58. The summed E-state index contributed by atoms with van der Waals surface area (Å²) in [6, 6.07) is 3.82. The fraction of sp³-hybridized carbons (Fsp3) is 0.357. The van der Waals surface area contributed by atoms with Crippen molar-refractivity contribution in [3.05, 3.63) is 34.9 Å². The van der Waals surface area contributed by atoms with Crippen molar-refractivity contribution in [2.45, 2.75) is 26.3 Å². The van der Waals surface area contributed by atoms with E-state index in [0.717, 1.165) is 11.8 Å². The summed E-state index contributed by atoms with van der Waals surface area (Å²) in [7, 11) is 0. The van der Waals surface area contributed by atoms with E-state index in [0.29, 0.717) is 23.1 Å². The molecule has 0 heterocycles. The summed E-state index contributed by atoms with van der Waals surface area (Å²) in [5.41, 5.74) is 7.10. The number of rotatable bonds is 6. The molecule has 0 amide bonds. The van der Waals surface area contributed by atoms with Crippen LogP contribution < -0.4 is 5.73 Å². The monoisotopic (exact) mass is 295 g/mol. The number of carboxylic acids is 1. The minimum atomic E-state index is -1.13. The summed E-state index contributed by atoms with van der Waals surface area (Å²) in [4.78, 5) is 34.1.